The van der Waals surface area contributed by atoms with Crippen molar-refractivity contribution in [3.8, 4) is 23.0 Å². The van der Waals surface area contributed by atoms with Crippen LogP contribution in [0.3, 0.4) is 0 Å². The predicted molar refractivity (Wildman–Crippen MR) is 180 cm³/mol. The second-order valence-corrected chi connectivity index (χ2v) is 12.7. The Balaban J connectivity index is 1.65. The Kier molecular flexibility index (Phi) is 12.9. The molecule has 252 valence electrons. The van der Waals surface area contributed by atoms with E-state index in [9.17, 15) is 19.8 Å². The van der Waals surface area contributed by atoms with E-state index in [1.54, 1.807) is 25.3 Å². The minimum atomic E-state index is -0.571. The van der Waals surface area contributed by atoms with E-state index in [0.717, 1.165) is 67.5 Å². The van der Waals surface area contributed by atoms with Gasteiger partial charge in [0.1, 0.15) is 11.9 Å². The van der Waals surface area contributed by atoms with Crippen molar-refractivity contribution >= 4 is 17.3 Å². The second kappa shape index (κ2) is 16.8. The number of allylic oxidation sites excluding steroid dienone is 1. The Hall–Kier alpha value is -3.56. The predicted octanol–water partition coefficient (Wildman–Crippen LogP) is 5.90. The number of nitrogens with one attached hydrogen (secondary N) is 2. The SMILES string of the molecule is CCCN[C@@H](CNC)C1=C[C@H]2CCCC[C@@H]2[C@@H](CC(=O)C[C@@H](CCc2ccc(O)c(OC)c2)OC(C)=O)c2cc(OC)c(O)cc21. The number of carbonyl (C=O) groups excluding carboxylic acids is 2. The monoisotopic (exact) mass is 636 g/mol. The quantitative estimate of drug-likeness (QED) is 0.167. The first-order chi connectivity index (χ1) is 22.2. The van der Waals surface area contributed by atoms with Gasteiger partial charge in [-0.3, -0.25) is 9.59 Å². The highest BCUT2D eigenvalue weighted by molar-refractivity contribution is 5.82. The molecule has 0 amide bonds. The molecule has 2 aromatic rings. The van der Waals surface area contributed by atoms with Gasteiger partial charge in [0.2, 0.25) is 0 Å². The third-order valence-electron chi connectivity index (χ3n) is 9.51. The standard InChI is InChI=1S/C37H52N2O7/c1-6-15-39-33(22-38-3)32-17-25-9-7-8-10-28(25)29(31-21-37(45-5)35(43)20-30(31)32)19-26(41)18-27(46-23(2)40)13-11-24-12-14-34(42)36(16-24)44-4/h12,14,16-17,20-21,25,27-29,33,38-39,42-43H,6-11,13,15,18-19,22H2,1-5H3/t25-,27-,28+,29-,33+/m1/s1. The molecule has 2 aromatic carbocycles. The Morgan fingerprint density at radius 2 is 1.76 bits per heavy atom. The molecule has 2 aliphatic rings. The Morgan fingerprint density at radius 1 is 1.02 bits per heavy atom. The molecule has 0 bridgehead atoms. The topological polar surface area (TPSA) is 126 Å². The average Bonchev–Trinajstić information content (AvgIpc) is 3.16. The van der Waals surface area contributed by atoms with E-state index in [2.05, 4.69) is 23.6 Å². The van der Waals surface area contributed by atoms with Gasteiger partial charge in [-0.2, -0.15) is 0 Å². The zero-order chi connectivity index (χ0) is 33.2. The number of carbonyl (C=O) groups is 2. The number of aromatic hydroxyl groups is 2. The normalized spacial score (nSPS) is 20.4. The number of ether oxygens (including phenoxy) is 3. The van der Waals surface area contributed by atoms with Gasteiger partial charge in [-0.1, -0.05) is 31.9 Å². The zero-order valence-corrected chi connectivity index (χ0v) is 28.1. The number of esters is 1. The smallest absolute Gasteiger partial charge is 0.302 e. The minimum Gasteiger partial charge on any atom is -0.504 e. The van der Waals surface area contributed by atoms with Crippen molar-refractivity contribution in [1.82, 2.24) is 10.6 Å². The van der Waals surface area contributed by atoms with Gasteiger partial charge in [-0.15, -0.1) is 0 Å². The first-order valence-corrected chi connectivity index (χ1v) is 16.7. The Morgan fingerprint density at radius 3 is 2.46 bits per heavy atom. The van der Waals surface area contributed by atoms with Crippen LogP contribution in [0.1, 0.15) is 87.8 Å². The molecule has 9 heteroatoms. The molecule has 0 aliphatic heterocycles. The van der Waals surface area contributed by atoms with Crippen LogP contribution >= 0.6 is 0 Å². The summed E-state index contributed by atoms with van der Waals surface area (Å²) >= 11 is 0. The number of hydrogen-bond acceptors (Lipinski definition) is 9. The molecular weight excluding hydrogens is 584 g/mol. The number of benzene rings is 2. The molecule has 0 saturated heterocycles. The van der Waals surface area contributed by atoms with Crippen molar-refractivity contribution in [2.75, 3.05) is 34.4 Å². The number of rotatable bonds is 16. The number of hydrogen-bond donors (Lipinski definition) is 4. The third-order valence-corrected chi connectivity index (χ3v) is 9.51. The van der Waals surface area contributed by atoms with E-state index in [1.165, 1.54) is 14.0 Å². The highest BCUT2D eigenvalue weighted by Gasteiger charge is 2.39. The lowest BCUT2D eigenvalue weighted by atomic mass is 9.69. The first-order valence-electron chi connectivity index (χ1n) is 16.7. The van der Waals surface area contributed by atoms with Gasteiger partial charge < -0.3 is 35.1 Å². The van der Waals surface area contributed by atoms with E-state index < -0.39 is 12.1 Å². The minimum absolute atomic E-state index is 0.0420. The first kappa shape index (κ1) is 35.3. The summed E-state index contributed by atoms with van der Waals surface area (Å²) in [5, 5.41) is 28.0. The van der Waals surface area contributed by atoms with E-state index in [4.69, 9.17) is 14.2 Å². The summed E-state index contributed by atoms with van der Waals surface area (Å²) in [7, 11) is 5.00. The van der Waals surface area contributed by atoms with E-state index in [0.29, 0.717) is 36.7 Å². The molecule has 0 unspecified atom stereocenters. The van der Waals surface area contributed by atoms with E-state index in [1.807, 2.05) is 19.2 Å². The molecule has 1 fully saturated rings. The van der Waals surface area contributed by atoms with Gasteiger partial charge >= 0.3 is 5.97 Å². The zero-order valence-electron chi connectivity index (χ0n) is 28.1. The van der Waals surface area contributed by atoms with Crippen molar-refractivity contribution in [2.45, 2.75) is 89.7 Å². The Bertz CT molecular complexity index is 1370. The lowest BCUT2D eigenvalue weighted by Crippen LogP contribution is -2.39. The summed E-state index contributed by atoms with van der Waals surface area (Å²) < 4.78 is 16.5. The van der Waals surface area contributed by atoms with Crippen LogP contribution in [-0.2, 0) is 20.7 Å². The summed E-state index contributed by atoms with van der Waals surface area (Å²) in [5.74, 6) is 1.04. The summed E-state index contributed by atoms with van der Waals surface area (Å²) in [5.41, 5.74) is 4.07. The number of aryl methyl sites for hydroxylation is 1. The fourth-order valence-corrected chi connectivity index (χ4v) is 7.36. The van der Waals surface area contributed by atoms with Crippen molar-refractivity contribution in [1.29, 1.82) is 0 Å². The molecule has 0 radical (unpaired) electrons. The molecule has 0 aromatic heterocycles. The third kappa shape index (κ3) is 8.82. The van der Waals surface area contributed by atoms with E-state index in [-0.39, 0.29) is 41.6 Å². The largest absolute Gasteiger partial charge is 0.504 e. The van der Waals surface area contributed by atoms with Gasteiger partial charge in [-0.25, -0.2) is 0 Å². The fourth-order valence-electron chi connectivity index (χ4n) is 7.36. The van der Waals surface area contributed by atoms with Gasteiger partial charge in [0.05, 0.1) is 14.2 Å². The van der Waals surface area contributed by atoms with E-state index >= 15 is 0 Å². The van der Waals surface area contributed by atoms with Crippen molar-refractivity contribution < 1.29 is 34.0 Å². The van der Waals surface area contributed by atoms with Crippen LogP contribution in [0.2, 0.25) is 0 Å². The van der Waals surface area contributed by atoms with Gasteiger partial charge in [0, 0.05) is 32.4 Å². The summed E-state index contributed by atoms with van der Waals surface area (Å²) in [6.07, 6.45) is 8.63. The summed E-state index contributed by atoms with van der Waals surface area (Å²) in [6.45, 7) is 5.12. The van der Waals surface area contributed by atoms with Gasteiger partial charge in [0.25, 0.3) is 0 Å². The molecule has 46 heavy (non-hydrogen) atoms. The molecule has 4 N–H and O–H groups in total. The second-order valence-electron chi connectivity index (χ2n) is 12.7. The fraction of sp³-hybridized carbons (Fsp3) is 0.568. The maximum absolute atomic E-state index is 14.0. The van der Waals surface area contributed by atoms with Crippen LogP contribution in [0, 0.1) is 11.8 Å². The number of Topliss-reactive ketones (excluding diaryl/α,β-unsaturated/α-hetero) is 1. The highest BCUT2D eigenvalue weighted by atomic mass is 16.5. The molecule has 5 atom stereocenters. The van der Waals surface area contributed by atoms with Crippen LogP contribution in [0.25, 0.3) is 5.57 Å². The number of methoxy groups -OCH3 is 2. The number of phenols is 2. The number of ketones is 1. The molecule has 2 aliphatic carbocycles. The average molecular weight is 637 g/mol. The van der Waals surface area contributed by atoms with Crippen LogP contribution < -0.4 is 20.1 Å². The number of phenolic OH excluding ortho intramolecular Hbond substituents is 2. The van der Waals surface area contributed by atoms with Crippen LogP contribution in [0.5, 0.6) is 23.0 Å². The summed E-state index contributed by atoms with van der Waals surface area (Å²) in [4.78, 5) is 26.0. The molecule has 0 spiro atoms. The van der Waals surface area contributed by atoms with Crippen LogP contribution in [-0.4, -0.2) is 68.5 Å². The van der Waals surface area contributed by atoms with Crippen molar-refractivity contribution in [3.63, 3.8) is 0 Å². The lowest BCUT2D eigenvalue weighted by molar-refractivity contribution is -0.147. The van der Waals surface area contributed by atoms with Gasteiger partial charge in [0.15, 0.2) is 23.0 Å². The number of likely N-dealkylation sites (N-methyl/N-ethyl adjacent to an activating group) is 1. The molecule has 1 saturated carbocycles. The van der Waals surface area contributed by atoms with Crippen LogP contribution in [0.15, 0.2) is 36.4 Å². The van der Waals surface area contributed by atoms with Crippen LogP contribution in [0.4, 0.5) is 0 Å². The Labute approximate surface area is 273 Å². The maximum Gasteiger partial charge on any atom is 0.302 e. The van der Waals surface area contributed by atoms with Crippen molar-refractivity contribution in [3.05, 3.63) is 53.1 Å². The maximum atomic E-state index is 14.0. The number of fused-ring (bicyclic) bond motifs is 2. The lowest BCUT2D eigenvalue weighted by Gasteiger charge is -2.35. The summed E-state index contributed by atoms with van der Waals surface area (Å²) in [6, 6.07) is 8.94. The molecule has 9 nitrogen and oxygen atoms in total. The van der Waals surface area contributed by atoms with Crippen molar-refractivity contribution in [2.24, 2.45) is 11.8 Å². The molecular formula is C37H52N2O7. The van der Waals surface area contributed by atoms with Gasteiger partial charge in [-0.05, 0) is 110 Å². The highest BCUT2D eigenvalue weighted by Crippen LogP contribution is 2.50. The molecule has 0 heterocycles. The molecule has 4 rings (SSSR count).